The van der Waals surface area contributed by atoms with Crippen LogP contribution in [0.15, 0.2) is 58.7 Å². The Morgan fingerprint density at radius 3 is 2.09 bits per heavy atom. The molecule has 0 aromatic heterocycles. The lowest BCUT2D eigenvalue weighted by atomic mass is 9.99. The van der Waals surface area contributed by atoms with Gasteiger partial charge >= 0.3 is 0 Å². The molecule has 0 unspecified atom stereocenters. The van der Waals surface area contributed by atoms with E-state index in [1.54, 1.807) is 13.8 Å². The van der Waals surface area contributed by atoms with Crippen LogP contribution in [-0.2, 0) is 0 Å². The highest BCUT2D eigenvalue weighted by Crippen LogP contribution is 2.23. The Bertz CT molecular complexity index is 757. The lowest BCUT2D eigenvalue weighted by Crippen LogP contribution is -1.99. The van der Waals surface area contributed by atoms with Gasteiger partial charge in [-0.3, -0.25) is 0 Å². The second-order valence-corrected chi connectivity index (χ2v) is 5.39. The summed E-state index contributed by atoms with van der Waals surface area (Å²) in [5.74, 6) is -1.27. The summed E-state index contributed by atoms with van der Waals surface area (Å²) < 4.78 is 27.9. The molecule has 0 heterocycles. The molecule has 2 rings (SSSR count). The smallest absolute Gasteiger partial charge is 0.133 e. The molecule has 5 heteroatoms. The lowest BCUT2D eigenvalue weighted by Gasteiger charge is -2.08. The number of hydrogen-bond acceptors (Lipinski definition) is 2. The van der Waals surface area contributed by atoms with Crippen molar-refractivity contribution < 1.29 is 8.78 Å². The third kappa shape index (κ3) is 4.57. The number of rotatable bonds is 4. The molecule has 0 saturated carbocycles. The Morgan fingerprint density at radius 2 is 1.52 bits per heavy atom. The van der Waals surface area contributed by atoms with Gasteiger partial charge in [-0.15, -0.1) is 5.10 Å². The van der Waals surface area contributed by atoms with Crippen LogP contribution >= 0.6 is 11.6 Å². The van der Waals surface area contributed by atoms with E-state index in [1.165, 1.54) is 24.3 Å². The first-order chi connectivity index (χ1) is 11.0. The zero-order chi connectivity index (χ0) is 16.8. The van der Waals surface area contributed by atoms with E-state index < -0.39 is 11.6 Å². The van der Waals surface area contributed by atoms with Crippen molar-refractivity contribution in [1.29, 1.82) is 0 Å². The molecule has 0 atom stereocenters. The zero-order valence-corrected chi connectivity index (χ0v) is 13.5. The normalized spacial score (nSPS) is 13.3. The first-order valence-corrected chi connectivity index (χ1v) is 7.32. The van der Waals surface area contributed by atoms with Gasteiger partial charge in [0.25, 0.3) is 0 Å². The van der Waals surface area contributed by atoms with Crippen molar-refractivity contribution in [3.8, 4) is 0 Å². The molecule has 0 aliphatic heterocycles. The van der Waals surface area contributed by atoms with Crippen LogP contribution in [0.4, 0.5) is 8.78 Å². The highest BCUT2D eigenvalue weighted by atomic mass is 35.5. The van der Waals surface area contributed by atoms with E-state index in [1.807, 2.05) is 30.3 Å². The molecule has 0 fully saturated rings. The number of hydrogen-bond donors (Lipinski definition) is 0. The molecule has 2 nitrogen and oxygen atoms in total. The molecule has 2 aromatic rings. The maximum Gasteiger partial charge on any atom is 0.133 e. The molecular weight excluding hydrogens is 318 g/mol. The summed E-state index contributed by atoms with van der Waals surface area (Å²) >= 11 is 5.69. The largest absolute Gasteiger partial charge is 0.206 e. The first kappa shape index (κ1) is 17.0. The summed E-state index contributed by atoms with van der Waals surface area (Å²) in [6, 6.07) is 13.0. The lowest BCUT2D eigenvalue weighted by molar-refractivity contribution is 0.579. The van der Waals surface area contributed by atoms with Crippen LogP contribution in [0.25, 0.3) is 11.6 Å². The third-order valence-electron chi connectivity index (χ3n) is 3.10. The van der Waals surface area contributed by atoms with Crippen LogP contribution in [0.5, 0.6) is 0 Å². The van der Waals surface area contributed by atoms with Gasteiger partial charge in [0, 0.05) is 11.1 Å². The molecule has 2 aromatic carbocycles. The van der Waals surface area contributed by atoms with Crippen molar-refractivity contribution in [2.75, 3.05) is 0 Å². The van der Waals surface area contributed by atoms with Crippen LogP contribution < -0.4 is 0 Å². The SMILES string of the molecule is CC(=N/N=C(\C)Cl)/C(=C/c1c(F)cccc1F)c1ccccc1. The van der Waals surface area contributed by atoms with E-state index in [0.717, 1.165) is 5.56 Å². The fraction of sp³-hybridized carbons (Fsp3) is 0.111. The van der Waals surface area contributed by atoms with Crippen LogP contribution in [0.3, 0.4) is 0 Å². The van der Waals surface area contributed by atoms with Gasteiger partial charge in [-0.1, -0.05) is 48.0 Å². The third-order valence-corrected chi connectivity index (χ3v) is 3.18. The number of allylic oxidation sites excluding steroid dienone is 1. The molecule has 0 spiro atoms. The predicted molar refractivity (Wildman–Crippen MR) is 92.7 cm³/mol. The Hall–Kier alpha value is -2.33. The van der Waals surface area contributed by atoms with E-state index in [4.69, 9.17) is 11.6 Å². The maximum absolute atomic E-state index is 13.9. The van der Waals surface area contributed by atoms with Gasteiger partial charge in [-0.05, 0) is 37.6 Å². The van der Waals surface area contributed by atoms with E-state index in [2.05, 4.69) is 10.2 Å². The average Bonchev–Trinajstić information content (AvgIpc) is 2.53. The highest BCUT2D eigenvalue weighted by molar-refractivity contribution is 6.64. The fourth-order valence-corrected chi connectivity index (χ4v) is 2.04. The molecular formula is C18H15ClF2N2. The molecule has 0 aliphatic rings. The van der Waals surface area contributed by atoms with Crippen LogP contribution in [0.2, 0.25) is 0 Å². The second-order valence-electron chi connectivity index (χ2n) is 4.84. The van der Waals surface area contributed by atoms with Gasteiger partial charge in [0.15, 0.2) is 0 Å². The molecule has 0 saturated heterocycles. The molecule has 0 aliphatic carbocycles. The van der Waals surface area contributed by atoms with Crippen molar-refractivity contribution in [2.24, 2.45) is 10.2 Å². The molecule has 23 heavy (non-hydrogen) atoms. The van der Waals surface area contributed by atoms with Gasteiger partial charge < -0.3 is 0 Å². The van der Waals surface area contributed by atoms with Crippen molar-refractivity contribution in [3.05, 3.63) is 71.3 Å². The zero-order valence-electron chi connectivity index (χ0n) is 12.7. The Balaban J connectivity index is 2.61. The fourth-order valence-electron chi connectivity index (χ4n) is 2.01. The minimum atomic E-state index is -0.636. The van der Waals surface area contributed by atoms with Crippen molar-refractivity contribution in [1.82, 2.24) is 0 Å². The minimum Gasteiger partial charge on any atom is -0.206 e. The summed E-state index contributed by atoms with van der Waals surface area (Å²) in [7, 11) is 0. The Morgan fingerprint density at radius 1 is 0.913 bits per heavy atom. The molecule has 0 N–H and O–H groups in total. The number of nitrogens with zero attached hydrogens (tertiary/aromatic N) is 2. The summed E-state index contributed by atoms with van der Waals surface area (Å²) in [5.41, 5.74) is 1.72. The van der Waals surface area contributed by atoms with Crippen LogP contribution in [-0.4, -0.2) is 10.9 Å². The van der Waals surface area contributed by atoms with Gasteiger partial charge in [-0.2, -0.15) is 5.10 Å². The molecule has 0 amide bonds. The Kier molecular flexibility index (Phi) is 5.77. The van der Waals surface area contributed by atoms with Gasteiger partial charge in [0.05, 0.1) is 5.71 Å². The molecule has 0 radical (unpaired) electrons. The topological polar surface area (TPSA) is 24.7 Å². The summed E-state index contributed by atoms with van der Waals surface area (Å²) in [6.45, 7) is 3.31. The highest BCUT2D eigenvalue weighted by Gasteiger charge is 2.11. The molecule has 118 valence electrons. The van der Waals surface area contributed by atoms with Gasteiger partial charge in [0.2, 0.25) is 0 Å². The second kappa shape index (κ2) is 7.79. The van der Waals surface area contributed by atoms with Crippen molar-refractivity contribution in [2.45, 2.75) is 13.8 Å². The van der Waals surface area contributed by atoms with Crippen LogP contribution in [0.1, 0.15) is 25.0 Å². The quantitative estimate of drug-likeness (QED) is 0.399. The van der Waals surface area contributed by atoms with E-state index in [9.17, 15) is 8.78 Å². The monoisotopic (exact) mass is 332 g/mol. The minimum absolute atomic E-state index is 0.118. The number of halogens is 3. The van der Waals surface area contributed by atoms with Gasteiger partial charge in [0.1, 0.15) is 16.8 Å². The standard InChI is InChI=1S/C18H15ClF2N2/c1-12(22-23-13(2)19)15(14-7-4-3-5-8-14)11-16-17(20)9-6-10-18(16)21/h3-11H,1-2H3/b15-11-,22-12-,23-13+. The summed E-state index contributed by atoms with van der Waals surface area (Å²) in [4.78, 5) is 0. The summed E-state index contributed by atoms with van der Waals surface area (Å²) in [5, 5.41) is 8.09. The van der Waals surface area contributed by atoms with E-state index >= 15 is 0 Å². The Labute approximate surface area is 138 Å². The van der Waals surface area contributed by atoms with Crippen LogP contribution in [0, 0.1) is 11.6 Å². The maximum atomic E-state index is 13.9. The van der Waals surface area contributed by atoms with Crippen molar-refractivity contribution >= 4 is 34.1 Å². The number of benzene rings is 2. The predicted octanol–water partition coefficient (Wildman–Crippen LogP) is 5.54. The van der Waals surface area contributed by atoms with Crippen molar-refractivity contribution in [3.63, 3.8) is 0 Å². The first-order valence-electron chi connectivity index (χ1n) is 6.95. The van der Waals surface area contributed by atoms with Gasteiger partial charge in [-0.25, -0.2) is 8.78 Å². The van der Waals surface area contributed by atoms with E-state index in [0.29, 0.717) is 11.3 Å². The molecule has 0 bridgehead atoms. The van der Waals surface area contributed by atoms with E-state index in [-0.39, 0.29) is 10.7 Å². The summed E-state index contributed by atoms with van der Waals surface area (Å²) in [6.07, 6.45) is 1.43. The average molecular weight is 333 g/mol.